The maximum atomic E-state index is 13.5. The molecule has 0 spiro atoms. The van der Waals surface area contributed by atoms with Crippen LogP contribution in [0, 0.1) is 5.82 Å². The van der Waals surface area contributed by atoms with Gasteiger partial charge in [0.05, 0.1) is 29.3 Å². The lowest BCUT2D eigenvalue weighted by Gasteiger charge is -2.08. The average molecular weight is 312 g/mol. The van der Waals surface area contributed by atoms with Crippen LogP contribution in [-0.4, -0.2) is 22.1 Å². The molecule has 6 heteroatoms. The lowest BCUT2D eigenvalue weighted by atomic mass is 10.2. The highest BCUT2D eigenvalue weighted by molar-refractivity contribution is 5.89. The van der Waals surface area contributed by atoms with Crippen LogP contribution in [0.1, 0.15) is 10.4 Å². The predicted octanol–water partition coefficient (Wildman–Crippen LogP) is 2.39. The molecule has 116 valence electrons. The average Bonchev–Trinajstić information content (AvgIpc) is 2.57. The Hall–Kier alpha value is -3.02. The van der Waals surface area contributed by atoms with Crippen LogP contribution >= 0.6 is 0 Å². The van der Waals surface area contributed by atoms with Crippen LogP contribution in [0.2, 0.25) is 0 Å². The first-order valence-electron chi connectivity index (χ1n) is 7.02. The van der Waals surface area contributed by atoms with E-state index < -0.39 is 11.8 Å². The first-order chi connectivity index (χ1) is 11.2. The Morgan fingerprint density at radius 1 is 1.13 bits per heavy atom. The smallest absolute Gasteiger partial charge is 0.341 e. The minimum Gasteiger partial charge on any atom is -0.460 e. The van der Waals surface area contributed by atoms with Crippen LogP contribution in [0.15, 0.2) is 59.7 Å². The standard InChI is InChI=1S/C17H13FN2O3/c18-14-7-3-1-5-12(14)17(22)23-10-9-20-11-19-15-8-4-2-6-13(15)16(20)21/h1-8,11H,9-10H2. The predicted molar refractivity (Wildman–Crippen MR) is 82.7 cm³/mol. The molecule has 0 saturated carbocycles. The molecule has 1 heterocycles. The van der Waals surface area contributed by atoms with Crippen molar-refractivity contribution in [3.8, 4) is 0 Å². The van der Waals surface area contributed by atoms with Crippen molar-refractivity contribution in [2.75, 3.05) is 6.61 Å². The summed E-state index contributed by atoms with van der Waals surface area (Å²) in [5, 5.41) is 0.496. The van der Waals surface area contributed by atoms with Crippen LogP contribution in [0.5, 0.6) is 0 Å². The van der Waals surface area contributed by atoms with E-state index in [-0.39, 0.29) is 24.3 Å². The van der Waals surface area contributed by atoms with Gasteiger partial charge in [0, 0.05) is 0 Å². The van der Waals surface area contributed by atoms with Crippen molar-refractivity contribution < 1.29 is 13.9 Å². The van der Waals surface area contributed by atoms with Crippen LogP contribution in [0.3, 0.4) is 0 Å². The van der Waals surface area contributed by atoms with Gasteiger partial charge in [-0.2, -0.15) is 0 Å². The summed E-state index contributed by atoms with van der Waals surface area (Å²) in [6.07, 6.45) is 1.40. The van der Waals surface area contributed by atoms with Gasteiger partial charge in [-0.15, -0.1) is 0 Å². The van der Waals surface area contributed by atoms with Crippen molar-refractivity contribution in [1.29, 1.82) is 0 Å². The quantitative estimate of drug-likeness (QED) is 0.694. The van der Waals surface area contributed by atoms with Crippen molar-refractivity contribution in [3.63, 3.8) is 0 Å². The molecule has 0 aliphatic heterocycles. The van der Waals surface area contributed by atoms with E-state index in [9.17, 15) is 14.0 Å². The molecule has 0 fully saturated rings. The Bertz CT molecular complexity index is 921. The van der Waals surface area contributed by atoms with E-state index in [4.69, 9.17) is 4.74 Å². The fraction of sp³-hybridized carbons (Fsp3) is 0.118. The summed E-state index contributed by atoms with van der Waals surface area (Å²) in [5.74, 6) is -1.40. The molecule has 0 N–H and O–H groups in total. The van der Waals surface area contributed by atoms with Gasteiger partial charge in [-0.25, -0.2) is 14.2 Å². The first kappa shape index (κ1) is 14.9. The van der Waals surface area contributed by atoms with Crippen LogP contribution in [0.25, 0.3) is 10.9 Å². The molecular formula is C17H13FN2O3. The zero-order valence-corrected chi connectivity index (χ0v) is 12.1. The molecule has 0 atom stereocenters. The second-order valence-electron chi connectivity index (χ2n) is 4.88. The maximum Gasteiger partial charge on any atom is 0.341 e. The number of halogens is 1. The number of fused-ring (bicyclic) bond motifs is 1. The molecule has 3 aromatic rings. The summed E-state index contributed by atoms with van der Waals surface area (Å²) >= 11 is 0. The van der Waals surface area contributed by atoms with Gasteiger partial charge >= 0.3 is 5.97 Å². The van der Waals surface area contributed by atoms with Gasteiger partial charge in [-0.05, 0) is 24.3 Å². The van der Waals surface area contributed by atoms with Gasteiger partial charge in [0.25, 0.3) is 5.56 Å². The summed E-state index contributed by atoms with van der Waals surface area (Å²) in [5.41, 5.74) is 0.270. The first-order valence-corrected chi connectivity index (χ1v) is 7.02. The zero-order valence-electron chi connectivity index (χ0n) is 12.1. The lowest BCUT2D eigenvalue weighted by molar-refractivity contribution is 0.0485. The number of esters is 1. The van der Waals surface area contributed by atoms with Gasteiger partial charge in [-0.1, -0.05) is 24.3 Å². The number of rotatable bonds is 4. The number of ether oxygens (including phenoxy) is 1. The monoisotopic (exact) mass is 312 g/mol. The molecule has 0 saturated heterocycles. The molecule has 0 radical (unpaired) electrons. The van der Waals surface area contributed by atoms with Gasteiger partial charge in [0.15, 0.2) is 0 Å². The van der Waals surface area contributed by atoms with Crippen molar-refractivity contribution in [3.05, 3.63) is 76.6 Å². The highest BCUT2D eigenvalue weighted by atomic mass is 19.1. The molecule has 0 amide bonds. The molecule has 0 unspecified atom stereocenters. The molecule has 0 aliphatic rings. The summed E-state index contributed by atoms with van der Waals surface area (Å²) in [6, 6.07) is 12.6. The third-order valence-corrected chi connectivity index (χ3v) is 3.39. The molecule has 2 aromatic carbocycles. The molecule has 5 nitrogen and oxygen atoms in total. The summed E-state index contributed by atoms with van der Waals surface area (Å²) < 4.78 is 19.8. The maximum absolute atomic E-state index is 13.5. The Morgan fingerprint density at radius 3 is 2.70 bits per heavy atom. The normalized spacial score (nSPS) is 10.7. The fourth-order valence-electron chi connectivity index (χ4n) is 2.21. The number of benzene rings is 2. The Balaban J connectivity index is 1.70. The second kappa shape index (κ2) is 6.39. The van der Waals surface area contributed by atoms with E-state index in [0.717, 1.165) is 0 Å². The zero-order chi connectivity index (χ0) is 16.2. The van der Waals surface area contributed by atoms with Crippen LogP contribution in [0.4, 0.5) is 4.39 Å². The van der Waals surface area contributed by atoms with Gasteiger partial charge in [0.1, 0.15) is 12.4 Å². The van der Waals surface area contributed by atoms with E-state index in [1.165, 1.54) is 29.1 Å². The number of carbonyl (C=O) groups is 1. The topological polar surface area (TPSA) is 61.2 Å². The van der Waals surface area contributed by atoms with E-state index in [0.29, 0.717) is 10.9 Å². The van der Waals surface area contributed by atoms with E-state index >= 15 is 0 Å². The summed E-state index contributed by atoms with van der Waals surface area (Å²) in [6.45, 7) is 0.101. The van der Waals surface area contributed by atoms with Crippen molar-refractivity contribution in [2.24, 2.45) is 0 Å². The SMILES string of the molecule is O=C(OCCn1cnc2ccccc2c1=O)c1ccccc1F. The number of hydrogen-bond donors (Lipinski definition) is 0. The molecule has 0 aliphatic carbocycles. The fourth-order valence-corrected chi connectivity index (χ4v) is 2.21. The number of para-hydroxylation sites is 1. The number of carbonyl (C=O) groups excluding carboxylic acids is 1. The number of hydrogen-bond acceptors (Lipinski definition) is 4. The molecule has 23 heavy (non-hydrogen) atoms. The minimum absolute atomic E-state index is 0.0485. The largest absolute Gasteiger partial charge is 0.460 e. The highest BCUT2D eigenvalue weighted by Gasteiger charge is 2.12. The Kier molecular flexibility index (Phi) is 4.14. The van der Waals surface area contributed by atoms with Crippen molar-refractivity contribution in [1.82, 2.24) is 9.55 Å². The molecule has 3 rings (SSSR count). The van der Waals surface area contributed by atoms with Crippen LogP contribution < -0.4 is 5.56 Å². The number of nitrogens with zero attached hydrogens (tertiary/aromatic N) is 2. The summed E-state index contributed by atoms with van der Waals surface area (Å²) in [4.78, 5) is 28.2. The summed E-state index contributed by atoms with van der Waals surface area (Å²) in [7, 11) is 0. The number of aromatic nitrogens is 2. The lowest BCUT2D eigenvalue weighted by Crippen LogP contribution is -2.23. The van der Waals surface area contributed by atoms with Gasteiger partial charge < -0.3 is 4.74 Å². The van der Waals surface area contributed by atoms with Crippen LogP contribution in [-0.2, 0) is 11.3 Å². The Morgan fingerprint density at radius 2 is 1.87 bits per heavy atom. The van der Waals surface area contributed by atoms with E-state index in [2.05, 4.69) is 4.98 Å². The minimum atomic E-state index is -0.759. The second-order valence-corrected chi connectivity index (χ2v) is 4.88. The molecule has 0 bridgehead atoms. The van der Waals surface area contributed by atoms with Crippen molar-refractivity contribution in [2.45, 2.75) is 6.54 Å². The van der Waals surface area contributed by atoms with E-state index in [1.54, 1.807) is 30.3 Å². The van der Waals surface area contributed by atoms with Crippen molar-refractivity contribution >= 4 is 16.9 Å². The Labute approximate surface area is 131 Å². The third kappa shape index (κ3) is 3.11. The third-order valence-electron chi connectivity index (χ3n) is 3.39. The van der Waals surface area contributed by atoms with Gasteiger partial charge in [0.2, 0.25) is 0 Å². The highest BCUT2D eigenvalue weighted by Crippen LogP contribution is 2.08. The molecule has 1 aromatic heterocycles. The molecular weight excluding hydrogens is 299 g/mol. The van der Waals surface area contributed by atoms with Gasteiger partial charge in [-0.3, -0.25) is 9.36 Å². The van der Waals surface area contributed by atoms with E-state index in [1.807, 2.05) is 0 Å².